The highest BCUT2D eigenvalue weighted by Gasteiger charge is 2.58. The van der Waals surface area contributed by atoms with Crippen molar-refractivity contribution in [1.29, 1.82) is 0 Å². The Bertz CT molecular complexity index is 1650. The predicted octanol–water partition coefficient (Wildman–Crippen LogP) is 5.67. The number of carbonyl (C=O) groups is 5. The third-order valence-electron chi connectivity index (χ3n) is 14.0. The van der Waals surface area contributed by atoms with E-state index in [9.17, 15) is 24.0 Å². The molecule has 1 N–H and O–H groups in total. The molecule has 1 amide bonds. The minimum absolute atomic E-state index is 0.0508. The monoisotopic (exact) mass is 911 g/mol. The van der Waals surface area contributed by atoms with Crippen LogP contribution in [0.2, 0.25) is 0 Å². The van der Waals surface area contributed by atoms with E-state index in [-0.39, 0.29) is 56.6 Å². The lowest BCUT2D eigenvalue weighted by Gasteiger charge is -2.50. The van der Waals surface area contributed by atoms with Crippen molar-refractivity contribution >= 4 is 29.8 Å². The number of nitrogens with one attached hydrogen (secondary N) is 1. The molecule has 0 radical (unpaired) electrons. The summed E-state index contributed by atoms with van der Waals surface area (Å²) in [6.07, 6.45) is -5.76. The van der Waals surface area contributed by atoms with Gasteiger partial charge < -0.3 is 57.6 Å². The SMILES string of the molecule is C=CCO[C@@]1(C)C[C@@H](C)C(=O)[C@H](C)[C@H]2NC(=O)O[C@]2(C)[C@@H](CC)OC(=O)[C@H](C)[C@@H](O[C@H]2C[C@@](C)(OC)[C@@H](OC(=O)CC)[C@H](C)O2)[C@H](C)[C@H]1O[C@@H]1O[C@H](C)C[C@H](N(C)C)[C@H]1OC(=O)CC. The standard InChI is InChI=1S/C47H78N2O15/c1-17-21-56-46(12)23-25(5)36(52)27(7)39-47(13,64-44(54)48-39)32(18-2)59-42(53)29(9)37(62-35-24-45(11,55-16)41(30(10)58-35)61-34(51)20-4)28(8)40(46)63-43-38(60-33(50)19-3)31(49(14)15)22-26(6)57-43/h17,25-32,35,37-41,43H,1,18-24H2,2-16H3,(H,48,54)/t25-,26-,27+,28+,29-,30+,31+,32-,35+,37+,38-,39-,40-,41+,43+,45-,46+,47-/m1/s1. The number of carbonyl (C=O) groups excluding carboxylic acids is 5. The van der Waals surface area contributed by atoms with Gasteiger partial charge in [0.1, 0.15) is 17.5 Å². The molecular formula is C47H78N2O15. The van der Waals surface area contributed by atoms with Crippen LogP contribution in [0.3, 0.4) is 0 Å². The topological polar surface area (TPSA) is 193 Å². The molecule has 4 aliphatic heterocycles. The van der Waals surface area contributed by atoms with Gasteiger partial charge in [0.25, 0.3) is 0 Å². The summed E-state index contributed by atoms with van der Waals surface area (Å²) in [5.74, 6) is -5.00. The number of ketones is 1. The summed E-state index contributed by atoms with van der Waals surface area (Å²) in [4.78, 5) is 70.1. The highest BCUT2D eigenvalue weighted by molar-refractivity contribution is 5.85. The molecule has 0 aromatic rings. The lowest BCUT2D eigenvalue weighted by Crippen LogP contribution is -2.62. The van der Waals surface area contributed by atoms with Gasteiger partial charge in [-0.3, -0.25) is 19.2 Å². The van der Waals surface area contributed by atoms with E-state index in [2.05, 4.69) is 11.9 Å². The van der Waals surface area contributed by atoms with Crippen molar-refractivity contribution in [3.8, 4) is 0 Å². The molecule has 4 heterocycles. The quantitative estimate of drug-likeness (QED) is 0.127. The van der Waals surface area contributed by atoms with Crippen LogP contribution in [0.4, 0.5) is 4.79 Å². The number of likely N-dealkylation sites (N-methyl/N-ethyl adjacent to an activating group) is 1. The number of fused-ring (bicyclic) bond motifs is 1. The molecule has 64 heavy (non-hydrogen) atoms. The number of hydrogen-bond acceptors (Lipinski definition) is 16. The molecule has 4 saturated heterocycles. The van der Waals surface area contributed by atoms with Gasteiger partial charge in [0, 0.05) is 44.1 Å². The van der Waals surface area contributed by atoms with Gasteiger partial charge in [-0.1, -0.05) is 47.6 Å². The number of alkyl carbamates (subject to hydrolysis) is 1. The Balaban J connectivity index is 1.95. The first-order valence-electron chi connectivity index (χ1n) is 23.1. The molecule has 0 saturated carbocycles. The largest absolute Gasteiger partial charge is 0.458 e. The number of cyclic esters (lactones) is 1. The molecule has 17 nitrogen and oxygen atoms in total. The van der Waals surface area contributed by atoms with Gasteiger partial charge in [-0.25, -0.2) is 4.79 Å². The van der Waals surface area contributed by atoms with Gasteiger partial charge in [0.15, 0.2) is 30.4 Å². The van der Waals surface area contributed by atoms with Crippen molar-refractivity contribution in [3.05, 3.63) is 12.7 Å². The third kappa shape index (κ3) is 11.7. The lowest BCUT2D eigenvalue weighted by molar-refractivity contribution is -0.321. The summed E-state index contributed by atoms with van der Waals surface area (Å²) < 4.78 is 64.2. The van der Waals surface area contributed by atoms with Crippen LogP contribution in [0.25, 0.3) is 0 Å². The highest BCUT2D eigenvalue weighted by atomic mass is 16.7. The maximum Gasteiger partial charge on any atom is 0.408 e. The fourth-order valence-electron chi connectivity index (χ4n) is 10.3. The van der Waals surface area contributed by atoms with Gasteiger partial charge in [-0.15, -0.1) is 6.58 Å². The predicted molar refractivity (Wildman–Crippen MR) is 234 cm³/mol. The van der Waals surface area contributed by atoms with Gasteiger partial charge in [-0.2, -0.15) is 0 Å². The van der Waals surface area contributed by atoms with Crippen molar-refractivity contribution < 1.29 is 71.3 Å². The first-order valence-corrected chi connectivity index (χ1v) is 23.1. The molecule has 0 spiro atoms. The molecule has 18 atom stereocenters. The molecular weight excluding hydrogens is 833 g/mol. The van der Waals surface area contributed by atoms with Crippen LogP contribution in [0.1, 0.15) is 122 Å². The molecule has 0 bridgehead atoms. The molecule has 0 aromatic heterocycles. The van der Waals surface area contributed by atoms with E-state index in [0.29, 0.717) is 6.42 Å². The zero-order valence-corrected chi connectivity index (χ0v) is 41.0. The molecule has 4 rings (SSSR count). The summed E-state index contributed by atoms with van der Waals surface area (Å²) in [6, 6.07) is -1.15. The molecule has 0 aromatic carbocycles. The number of nitrogens with zero attached hydrogens (tertiary/aromatic N) is 1. The lowest BCUT2D eigenvalue weighted by atomic mass is 9.73. The Kier molecular flexibility index (Phi) is 18.4. The molecule has 0 unspecified atom stereocenters. The average molecular weight is 911 g/mol. The fourth-order valence-corrected chi connectivity index (χ4v) is 10.3. The van der Waals surface area contributed by atoms with Crippen LogP contribution in [-0.2, 0) is 66.5 Å². The minimum atomic E-state index is -1.41. The normalized spacial score (nSPS) is 42.4. The minimum Gasteiger partial charge on any atom is -0.458 e. The number of rotatable bonds is 14. The number of hydrogen-bond donors (Lipinski definition) is 1. The second-order valence-electron chi connectivity index (χ2n) is 19.2. The van der Waals surface area contributed by atoms with Crippen LogP contribution < -0.4 is 5.32 Å². The zero-order valence-electron chi connectivity index (χ0n) is 41.0. The van der Waals surface area contributed by atoms with Gasteiger partial charge in [-0.05, 0) is 74.9 Å². The Morgan fingerprint density at radius 2 is 1.50 bits per heavy atom. The third-order valence-corrected chi connectivity index (χ3v) is 14.0. The maximum absolute atomic E-state index is 14.8. The number of amides is 1. The van der Waals surface area contributed by atoms with Gasteiger partial charge in [0.05, 0.1) is 54.6 Å². The summed E-state index contributed by atoms with van der Waals surface area (Å²) in [7, 11) is 5.33. The van der Waals surface area contributed by atoms with Crippen LogP contribution in [-0.4, -0.2) is 147 Å². The molecule has 4 aliphatic rings. The van der Waals surface area contributed by atoms with Crippen LogP contribution in [0.15, 0.2) is 12.7 Å². The fraction of sp³-hybridized carbons (Fsp3) is 0.851. The summed E-state index contributed by atoms with van der Waals surface area (Å²) in [5.41, 5.74) is -3.82. The summed E-state index contributed by atoms with van der Waals surface area (Å²) in [6.45, 7) is 25.3. The number of ether oxygens (including phenoxy) is 10. The molecule has 0 aliphatic carbocycles. The second-order valence-corrected chi connectivity index (χ2v) is 19.2. The Morgan fingerprint density at radius 1 is 0.859 bits per heavy atom. The van der Waals surface area contributed by atoms with E-state index in [1.807, 2.05) is 60.5 Å². The van der Waals surface area contributed by atoms with Crippen molar-refractivity contribution in [2.75, 3.05) is 27.8 Å². The van der Waals surface area contributed by atoms with Crippen LogP contribution in [0.5, 0.6) is 0 Å². The van der Waals surface area contributed by atoms with Crippen molar-refractivity contribution in [1.82, 2.24) is 10.2 Å². The second kappa shape index (κ2) is 22.1. The van der Waals surface area contributed by atoms with Crippen LogP contribution in [0, 0.1) is 23.7 Å². The van der Waals surface area contributed by atoms with Crippen LogP contribution >= 0.6 is 0 Å². The molecule has 4 fully saturated rings. The zero-order chi connectivity index (χ0) is 48.1. The van der Waals surface area contributed by atoms with E-state index in [1.54, 1.807) is 47.6 Å². The smallest absolute Gasteiger partial charge is 0.408 e. The summed E-state index contributed by atoms with van der Waals surface area (Å²) in [5, 5.41) is 2.85. The van der Waals surface area contributed by atoms with E-state index < -0.39 is 120 Å². The maximum atomic E-state index is 14.8. The molecule has 17 heteroatoms. The average Bonchev–Trinajstić information content (AvgIpc) is 3.56. The first kappa shape index (κ1) is 53.4. The first-order chi connectivity index (χ1) is 29.9. The number of Topliss-reactive ketones (excluding diaryl/α,β-unsaturated/α-hetero) is 1. The number of esters is 3. The van der Waals surface area contributed by atoms with E-state index in [1.165, 1.54) is 7.11 Å². The Morgan fingerprint density at radius 3 is 2.08 bits per heavy atom. The van der Waals surface area contributed by atoms with Gasteiger partial charge >= 0.3 is 24.0 Å². The Labute approximate surface area is 380 Å². The van der Waals surface area contributed by atoms with Crippen molar-refractivity contribution in [2.45, 2.75) is 206 Å². The molecule has 366 valence electrons. The van der Waals surface area contributed by atoms with Crippen molar-refractivity contribution in [2.24, 2.45) is 23.7 Å². The van der Waals surface area contributed by atoms with E-state index in [4.69, 9.17) is 47.4 Å². The van der Waals surface area contributed by atoms with Crippen molar-refractivity contribution in [3.63, 3.8) is 0 Å². The summed E-state index contributed by atoms with van der Waals surface area (Å²) >= 11 is 0. The Hall–Kier alpha value is -3.19. The van der Waals surface area contributed by atoms with Gasteiger partial charge in [0.2, 0.25) is 0 Å². The number of methoxy groups -OCH3 is 1. The van der Waals surface area contributed by atoms with E-state index >= 15 is 0 Å². The van der Waals surface area contributed by atoms with E-state index in [0.717, 1.165) is 0 Å². The highest BCUT2D eigenvalue weighted by Crippen LogP contribution is 2.44.